The number of H-pyrrole nitrogens is 1. The van der Waals surface area contributed by atoms with Crippen LogP contribution in [0.5, 0.6) is 0 Å². The van der Waals surface area contributed by atoms with Crippen LogP contribution < -0.4 is 10.9 Å². The van der Waals surface area contributed by atoms with E-state index in [1.807, 2.05) is 25.1 Å². The van der Waals surface area contributed by atoms with Gasteiger partial charge in [0, 0.05) is 5.69 Å². The van der Waals surface area contributed by atoms with Crippen LogP contribution in [0.3, 0.4) is 0 Å². The normalized spacial score (nSPS) is 10.7. The topological polar surface area (TPSA) is 87.7 Å². The van der Waals surface area contributed by atoms with E-state index in [4.69, 9.17) is 0 Å². The maximum absolute atomic E-state index is 12.0. The molecule has 0 spiro atoms. The summed E-state index contributed by atoms with van der Waals surface area (Å²) in [5.74, 6) is 1.67. The second-order valence-electron chi connectivity index (χ2n) is 5.23. The third-order valence-corrected chi connectivity index (χ3v) is 4.23. The van der Waals surface area contributed by atoms with Gasteiger partial charge in [-0.2, -0.15) is 0 Å². The van der Waals surface area contributed by atoms with E-state index in [-0.39, 0.29) is 17.2 Å². The molecular weight excluding hydrogens is 324 g/mol. The first-order chi connectivity index (χ1) is 11.6. The Morgan fingerprint density at radius 2 is 2.00 bits per heavy atom. The van der Waals surface area contributed by atoms with Gasteiger partial charge in [-0.15, -0.1) is 11.8 Å². The molecule has 0 aliphatic rings. The van der Waals surface area contributed by atoms with E-state index in [1.54, 1.807) is 24.3 Å². The molecule has 0 saturated carbocycles. The number of carbonyl (C=O) groups excluding carboxylic acids is 1. The largest absolute Gasteiger partial charge is 0.310 e. The molecule has 0 saturated heterocycles. The third kappa shape index (κ3) is 3.99. The SMILES string of the molecule is Cc1cccc(NC(=O)CSCc2nc3ccccc3c(=O)[nH]2)n1. The number of rotatable bonds is 5. The minimum absolute atomic E-state index is 0.138. The minimum Gasteiger partial charge on any atom is -0.310 e. The Bertz CT molecular complexity index is 939. The van der Waals surface area contributed by atoms with Gasteiger partial charge in [-0.3, -0.25) is 9.59 Å². The van der Waals surface area contributed by atoms with Crippen molar-refractivity contribution in [2.24, 2.45) is 0 Å². The first-order valence-corrected chi connectivity index (χ1v) is 8.56. The third-order valence-electron chi connectivity index (χ3n) is 3.29. The Morgan fingerprint density at radius 3 is 2.83 bits per heavy atom. The van der Waals surface area contributed by atoms with E-state index in [9.17, 15) is 9.59 Å². The van der Waals surface area contributed by atoms with Crippen molar-refractivity contribution in [3.05, 3.63) is 64.3 Å². The predicted octanol–water partition coefficient (Wildman–Crippen LogP) is 2.50. The van der Waals surface area contributed by atoms with Gasteiger partial charge in [0.2, 0.25) is 5.91 Å². The van der Waals surface area contributed by atoms with Crippen molar-refractivity contribution in [3.8, 4) is 0 Å². The van der Waals surface area contributed by atoms with Crippen LogP contribution in [0.25, 0.3) is 10.9 Å². The molecule has 7 heteroatoms. The number of benzene rings is 1. The zero-order valence-corrected chi connectivity index (χ0v) is 13.9. The summed E-state index contributed by atoms with van der Waals surface area (Å²) in [7, 11) is 0. The second-order valence-corrected chi connectivity index (χ2v) is 6.22. The number of carbonyl (C=O) groups is 1. The lowest BCUT2D eigenvalue weighted by Gasteiger charge is -2.05. The molecule has 2 aromatic heterocycles. The zero-order valence-electron chi connectivity index (χ0n) is 13.1. The molecule has 2 N–H and O–H groups in total. The van der Waals surface area contributed by atoms with Crippen LogP contribution in [0.1, 0.15) is 11.5 Å². The Kier molecular flexibility index (Phi) is 4.90. The predicted molar refractivity (Wildman–Crippen MR) is 96.1 cm³/mol. The number of nitrogens with zero attached hydrogens (tertiary/aromatic N) is 2. The Hall–Kier alpha value is -2.67. The van der Waals surface area contributed by atoms with Crippen LogP contribution >= 0.6 is 11.8 Å². The molecular formula is C17H16N4O2S. The molecule has 2 heterocycles. The summed E-state index contributed by atoms with van der Waals surface area (Å²) in [6.07, 6.45) is 0. The number of para-hydroxylation sites is 1. The summed E-state index contributed by atoms with van der Waals surface area (Å²) in [4.78, 5) is 35.3. The fraction of sp³-hybridized carbons (Fsp3) is 0.176. The second kappa shape index (κ2) is 7.27. The minimum atomic E-state index is -0.162. The van der Waals surface area contributed by atoms with Gasteiger partial charge in [0.05, 0.1) is 22.4 Å². The van der Waals surface area contributed by atoms with Gasteiger partial charge in [-0.25, -0.2) is 9.97 Å². The van der Waals surface area contributed by atoms with E-state index in [0.717, 1.165) is 5.69 Å². The van der Waals surface area contributed by atoms with E-state index >= 15 is 0 Å². The molecule has 6 nitrogen and oxygen atoms in total. The monoisotopic (exact) mass is 340 g/mol. The highest BCUT2D eigenvalue weighted by atomic mass is 32.2. The molecule has 3 rings (SSSR count). The maximum atomic E-state index is 12.0. The summed E-state index contributed by atoms with van der Waals surface area (Å²) < 4.78 is 0. The summed E-state index contributed by atoms with van der Waals surface area (Å²) in [6, 6.07) is 12.6. The number of amides is 1. The van der Waals surface area contributed by atoms with E-state index in [0.29, 0.717) is 28.3 Å². The molecule has 0 bridgehead atoms. The highest BCUT2D eigenvalue weighted by molar-refractivity contribution is 7.99. The highest BCUT2D eigenvalue weighted by Crippen LogP contribution is 2.12. The van der Waals surface area contributed by atoms with Crippen molar-refractivity contribution < 1.29 is 4.79 Å². The number of aromatic amines is 1. The number of anilines is 1. The van der Waals surface area contributed by atoms with Crippen LogP contribution in [-0.2, 0) is 10.5 Å². The van der Waals surface area contributed by atoms with Crippen molar-refractivity contribution >= 4 is 34.4 Å². The molecule has 1 amide bonds. The molecule has 0 aliphatic heterocycles. The van der Waals surface area contributed by atoms with Gasteiger partial charge < -0.3 is 10.3 Å². The van der Waals surface area contributed by atoms with E-state index in [1.165, 1.54) is 11.8 Å². The standard InChI is InChI=1S/C17H16N4O2S/c1-11-5-4-8-14(18-11)20-16(22)10-24-9-15-19-13-7-3-2-6-12(13)17(23)21-15/h2-8H,9-10H2,1H3,(H,18,20,22)(H,19,21,23). The maximum Gasteiger partial charge on any atom is 0.258 e. The molecule has 3 aromatic rings. The Balaban J connectivity index is 1.58. The number of hydrogen-bond donors (Lipinski definition) is 2. The number of thioether (sulfide) groups is 1. The van der Waals surface area contributed by atoms with Crippen molar-refractivity contribution in [2.75, 3.05) is 11.1 Å². The van der Waals surface area contributed by atoms with Gasteiger partial charge in [0.1, 0.15) is 11.6 Å². The van der Waals surface area contributed by atoms with Gasteiger partial charge >= 0.3 is 0 Å². The van der Waals surface area contributed by atoms with Crippen LogP contribution in [0.2, 0.25) is 0 Å². The van der Waals surface area contributed by atoms with Crippen LogP contribution in [0.4, 0.5) is 5.82 Å². The van der Waals surface area contributed by atoms with E-state index in [2.05, 4.69) is 20.3 Å². The van der Waals surface area contributed by atoms with Gasteiger partial charge in [0.15, 0.2) is 0 Å². The quantitative estimate of drug-likeness (QED) is 0.745. The molecule has 122 valence electrons. The van der Waals surface area contributed by atoms with Gasteiger partial charge in [-0.05, 0) is 31.2 Å². The van der Waals surface area contributed by atoms with Crippen LogP contribution in [-0.4, -0.2) is 26.6 Å². The van der Waals surface area contributed by atoms with Crippen molar-refractivity contribution in [1.82, 2.24) is 15.0 Å². The molecule has 0 atom stereocenters. The number of nitrogens with one attached hydrogen (secondary N) is 2. The Labute approximate surface area is 142 Å². The molecule has 0 radical (unpaired) electrons. The lowest BCUT2D eigenvalue weighted by Crippen LogP contribution is -2.16. The smallest absolute Gasteiger partial charge is 0.258 e. The van der Waals surface area contributed by atoms with Crippen LogP contribution in [0.15, 0.2) is 47.3 Å². The number of aromatic nitrogens is 3. The lowest BCUT2D eigenvalue weighted by molar-refractivity contribution is -0.113. The van der Waals surface area contributed by atoms with Crippen molar-refractivity contribution in [1.29, 1.82) is 0 Å². The fourth-order valence-corrected chi connectivity index (χ4v) is 2.92. The summed E-state index contributed by atoms with van der Waals surface area (Å²) in [5.41, 5.74) is 1.34. The molecule has 0 unspecified atom stereocenters. The van der Waals surface area contributed by atoms with E-state index < -0.39 is 0 Å². The summed E-state index contributed by atoms with van der Waals surface area (Å²) in [5, 5.41) is 3.31. The molecule has 1 aromatic carbocycles. The lowest BCUT2D eigenvalue weighted by atomic mass is 10.2. The number of pyridine rings is 1. The summed E-state index contributed by atoms with van der Waals surface area (Å²) >= 11 is 1.38. The Morgan fingerprint density at radius 1 is 1.17 bits per heavy atom. The molecule has 0 fully saturated rings. The number of fused-ring (bicyclic) bond motifs is 1. The zero-order chi connectivity index (χ0) is 16.9. The number of hydrogen-bond acceptors (Lipinski definition) is 5. The van der Waals surface area contributed by atoms with Crippen molar-refractivity contribution in [2.45, 2.75) is 12.7 Å². The summed E-state index contributed by atoms with van der Waals surface area (Å²) in [6.45, 7) is 1.87. The average Bonchev–Trinajstić information content (AvgIpc) is 2.55. The van der Waals surface area contributed by atoms with Crippen LogP contribution in [0, 0.1) is 6.92 Å². The first-order valence-electron chi connectivity index (χ1n) is 7.41. The fourth-order valence-electron chi connectivity index (χ4n) is 2.24. The van der Waals surface area contributed by atoms with Gasteiger partial charge in [0.25, 0.3) is 5.56 Å². The number of aryl methyl sites for hydroxylation is 1. The van der Waals surface area contributed by atoms with Crippen molar-refractivity contribution in [3.63, 3.8) is 0 Å². The molecule has 0 aliphatic carbocycles. The first kappa shape index (κ1) is 16.2. The average molecular weight is 340 g/mol. The highest BCUT2D eigenvalue weighted by Gasteiger charge is 2.07. The molecule has 24 heavy (non-hydrogen) atoms. The van der Waals surface area contributed by atoms with Gasteiger partial charge in [-0.1, -0.05) is 18.2 Å².